The Morgan fingerprint density at radius 3 is 2.28 bits per heavy atom. The molecule has 0 saturated carbocycles. The van der Waals surface area contributed by atoms with E-state index in [1.54, 1.807) is 30.3 Å². The Morgan fingerprint density at radius 2 is 1.62 bits per heavy atom. The summed E-state index contributed by atoms with van der Waals surface area (Å²) in [5.41, 5.74) is 1.86. The summed E-state index contributed by atoms with van der Waals surface area (Å²) >= 11 is 5.88. The molecule has 0 radical (unpaired) electrons. The van der Waals surface area contributed by atoms with Crippen LogP contribution in [-0.2, 0) is 29.0 Å². The topological polar surface area (TPSA) is 52.0 Å². The van der Waals surface area contributed by atoms with E-state index >= 15 is 0 Å². The number of nitrogens with zero attached hydrogens (tertiary/aromatic N) is 2. The predicted octanol–water partition coefficient (Wildman–Crippen LogP) is 7.56. The van der Waals surface area contributed by atoms with Crippen molar-refractivity contribution in [1.82, 2.24) is 9.78 Å². The smallest absolute Gasteiger partial charge is 0.259 e. The van der Waals surface area contributed by atoms with Gasteiger partial charge in [0.1, 0.15) is 11.3 Å². The first-order chi connectivity index (χ1) is 18.4. The number of rotatable bonds is 6. The highest BCUT2D eigenvalue weighted by Gasteiger charge is 2.34. The molecular formula is C29H21ClF4N2O2S. The number of halogens is 5. The van der Waals surface area contributed by atoms with Crippen molar-refractivity contribution < 1.29 is 26.0 Å². The second kappa shape index (κ2) is 10.1. The molecule has 39 heavy (non-hydrogen) atoms. The van der Waals surface area contributed by atoms with Crippen LogP contribution in [0.15, 0.2) is 89.8 Å². The van der Waals surface area contributed by atoms with Crippen molar-refractivity contribution in [1.29, 1.82) is 0 Å². The lowest BCUT2D eigenvalue weighted by Crippen LogP contribution is -2.07. The number of benzene rings is 4. The molecule has 0 saturated heterocycles. The van der Waals surface area contributed by atoms with Crippen LogP contribution in [0.3, 0.4) is 0 Å². The van der Waals surface area contributed by atoms with Crippen molar-refractivity contribution in [3.63, 3.8) is 0 Å². The van der Waals surface area contributed by atoms with Crippen LogP contribution in [0.4, 0.5) is 17.6 Å². The first-order valence-corrected chi connectivity index (χ1v) is 14.1. The number of hydrogen-bond acceptors (Lipinski definition) is 3. The van der Waals surface area contributed by atoms with Crippen LogP contribution in [0.5, 0.6) is 0 Å². The van der Waals surface area contributed by atoms with Crippen LogP contribution in [0.25, 0.3) is 22.2 Å². The molecule has 4 aromatic carbocycles. The van der Waals surface area contributed by atoms with Gasteiger partial charge in [0.15, 0.2) is 9.84 Å². The van der Waals surface area contributed by atoms with Crippen LogP contribution < -0.4 is 0 Å². The zero-order chi connectivity index (χ0) is 27.9. The maximum absolute atomic E-state index is 14.7. The largest absolute Gasteiger partial charge is 0.418 e. The lowest BCUT2D eigenvalue weighted by Gasteiger charge is -2.11. The standard InChI is InChI=1S/C29H21ClF4N2O2S/c1-39(37,38)23-12-8-18(9-13-23)14-19-4-2-5-20(15-19)28-24-6-3-7-25(29(32,33)34)27(24)35-36(28)17-21-10-11-22(30)16-26(21)31/h2-13,15-16H,14,17H2,1H3. The van der Waals surface area contributed by atoms with Crippen LogP contribution in [0.1, 0.15) is 22.3 Å². The van der Waals surface area contributed by atoms with Gasteiger partial charge < -0.3 is 0 Å². The lowest BCUT2D eigenvalue weighted by molar-refractivity contribution is -0.136. The van der Waals surface area contributed by atoms with Crippen molar-refractivity contribution in [2.24, 2.45) is 0 Å². The quantitative estimate of drug-likeness (QED) is 0.197. The van der Waals surface area contributed by atoms with Gasteiger partial charge >= 0.3 is 6.18 Å². The first kappa shape index (κ1) is 26.9. The Labute approximate surface area is 227 Å². The van der Waals surface area contributed by atoms with Crippen molar-refractivity contribution in [3.8, 4) is 11.3 Å². The van der Waals surface area contributed by atoms with Gasteiger partial charge in [-0.25, -0.2) is 12.8 Å². The normalized spacial score (nSPS) is 12.3. The van der Waals surface area contributed by atoms with E-state index in [0.717, 1.165) is 29.5 Å². The van der Waals surface area contributed by atoms with Gasteiger partial charge in [-0.05, 0) is 53.9 Å². The second-order valence-corrected chi connectivity index (χ2v) is 11.7. The van der Waals surface area contributed by atoms with Gasteiger partial charge in [-0.2, -0.15) is 18.3 Å². The van der Waals surface area contributed by atoms with E-state index in [9.17, 15) is 26.0 Å². The number of sulfone groups is 1. The van der Waals surface area contributed by atoms with Crippen LogP contribution in [-0.4, -0.2) is 24.5 Å². The zero-order valence-corrected chi connectivity index (χ0v) is 22.1. The van der Waals surface area contributed by atoms with Crippen LogP contribution in [0.2, 0.25) is 5.02 Å². The fourth-order valence-electron chi connectivity index (χ4n) is 4.53. The summed E-state index contributed by atoms with van der Waals surface area (Å²) < 4.78 is 81.1. The van der Waals surface area contributed by atoms with E-state index in [1.165, 1.54) is 35.0 Å². The molecule has 0 aliphatic rings. The number of fused-ring (bicyclic) bond motifs is 1. The Kier molecular flexibility index (Phi) is 6.99. The van der Waals surface area contributed by atoms with E-state index in [0.29, 0.717) is 17.7 Å². The first-order valence-electron chi connectivity index (χ1n) is 11.8. The average Bonchev–Trinajstić information content (AvgIpc) is 3.23. The van der Waals surface area contributed by atoms with Crippen LogP contribution in [0, 0.1) is 5.82 Å². The predicted molar refractivity (Wildman–Crippen MR) is 143 cm³/mol. The molecule has 0 aliphatic heterocycles. The van der Waals surface area contributed by atoms with E-state index in [1.807, 2.05) is 12.1 Å². The third kappa shape index (κ3) is 5.69. The van der Waals surface area contributed by atoms with E-state index in [4.69, 9.17) is 11.6 Å². The summed E-state index contributed by atoms with van der Waals surface area (Å²) in [5.74, 6) is -0.588. The molecule has 5 rings (SSSR count). The average molecular weight is 573 g/mol. The summed E-state index contributed by atoms with van der Waals surface area (Å²) in [6.45, 7) is -0.110. The minimum absolute atomic E-state index is 0.110. The molecule has 10 heteroatoms. The van der Waals surface area contributed by atoms with Gasteiger partial charge in [0.2, 0.25) is 0 Å². The highest BCUT2D eigenvalue weighted by Crippen LogP contribution is 2.38. The maximum Gasteiger partial charge on any atom is 0.418 e. The fraction of sp³-hybridized carbons (Fsp3) is 0.138. The van der Waals surface area contributed by atoms with Gasteiger partial charge in [-0.15, -0.1) is 0 Å². The molecule has 5 aromatic rings. The number of hydrogen-bond donors (Lipinski definition) is 0. The fourth-order valence-corrected chi connectivity index (χ4v) is 5.32. The van der Waals surface area contributed by atoms with Gasteiger partial charge in [0.25, 0.3) is 0 Å². The molecule has 0 spiro atoms. The third-order valence-electron chi connectivity index (χ3n) is 6.37. The zero-order valence-electron chi connectivity index (χ0n) is 20.5. The van der Waals surface area contributed by atoms with Crippen molar-refractivity contribution in [2.45, 2.75) is 24.0 Å². The highest BCUT2D eigenvalue weighted by molar-refractivity contribution is 7.90. The van der Waals surface area contributed by atoms with E-state index in [-0.39, 0.29) is 32.9 Å². The minimum atomic E-state index is -4.62. The van der Waals surface area contributed by atoms with Crippen molar-refractivity contribution in [2.75, 3.05) is 6.26 Å². The Balaban J connectivity index is 1.61. The molecule has 0 aliphatic carbocycles. The van der Waals surface area contributed by atoms with Crippen molar-refractivity contribution in [3.05, 3.63) is 118 Å². The summed E-state index contributed by atoms with van der Waals surface area (Å²) in [6.07, 6.45) is -3.02. The van der Waals surface area contributed by atoms with Crippen molar-refractivity contribution >= 4 is 32.3 Å². The minimum Gasteiger partial charge on any atom is -0.259 e. The molecule has 1 aromatic heterocycles. The molecule has 0 amide bonds. The maximum atomic E-state index is 14.7. The molecule has 0 unspecified atom stereocenters. The summed E-state index contributed by atoms with van der Waals surface area (Å²) in [4.78, 5) is 0.213. The SMILES string of the molecule is CS(=O)(=O)c1ccc(Cc2cccc(-c3c4cccc(C(F)(F)F)c4nn3Cc3ccc(Cl)cc3F)c2)cc1. The Morgan fingerprint density at radius 1 is 0.897 bits per heavy atom. The molecule has 0 bridgehead atoms. The molecule has 200 valence electrons. The summed E-state index contributed by atoms with van der Waals surface area (Å²) in [7, 11) is -3.32. The van der Waals surface area contributed by atoms with Gasteiger partial charge in [0.05, 0.1) is 22.7 Å². The van der Waals surface area contributed by atoms with Gasteiger partial charge in [0, 0.05) is 27.8 Å². The summed E-state index contributed by atoms with van der Waals surface area (Å²) in [6, 6.07) is 21.8. The molecule has 0 N–H and O–H groups in total. The van der Waals surface area contributed by atoms with Gasteiger partial charge in [-0.1, -0.05) is 60.1 Å². The Hall–Kier alpha value is -3.69. The van der Waals surface area contributed by atoms with E-state index < -0.39 is 27.4 Å². The lowest BCUT2D eigenvalue weighted by atomic mass is 9.99. The molecule has 0 atom stereocenters. The Bertz CT molecular complexity index is 1800. The van der Waals surface area contributed by atoms with Gasteiger partial charge in [-0.3, -0.25) is 4.68 Å². The highest BCUT2D eigenvalue weighted by atomic mass is 35.5. The molecule has 4 nitrogen and oxygen atoms in total. The molecule has 1 heterocycles. The van der Waals surface area contributed by atoms with E-state index in [2.05, 4.69) is 5.10 Å². The second-order valence-electron chi connectivity index (χ2n) is 9.23. The summed E-state index contributed by atoms with van der Waals surface area (Å²) in [5, 5.41) is 4.79. The number of alkyl halides is 3. The monoisotopic (exact) mass is 572 g/mol. The molecular weight excluding hydrogens is 552 g/mol. The third-order valence-corrected chi connectivity index (χ3v) is 7.73. The molecule has 0 fully saturated rings. The van der Waals surface area contributed by atoms with Crippen LogP contribution >= 0.6 is 11.6 Å². The number of aromatic nitrogens is 2.